The highest BCUT2D eigenvalue weighted by Crippen LogP contribution is 2.38. The first kappa shape index (κ1) is 8.63. The van der Waals surface area contributed by atoms with Gasteiger partial charge in [0.25, 0.3) is 0 Å². The van der Waals surface area contributed by atoms with Gasteiger partial charge in [0, 0.05) is 11.8 Å². The molecule has 1 aromatic carbocycles. The van der Waals surface area contributed by atoms with E-state index in [0.717, 1.165) is 0 Å². The first-order valence-electron chi connectivity index (χ1n) is 4.08. The van der Waals surface area contributed by atoms with Crippen molar-refractivity contribution in [2.45, 2.75) is 11.8 Å². The second-order valence-electron chi connectivity index (χ2n) is 3.08. The Balaban J connectivity index is 2.40. The predicted octanol–water partition coefficient (Wildman–Crippen LogP) is 2.81. The molecule has 68 valence electrons. The zero-order valence-electron chi connectivity index (χ0n) is 7.25. The number of nitrogens with one attached hydrogen (secondary N) is 1. The van der Waals surface area contributed by atoms with Gasteiger partial charge in [0.05, 0.1) is 0 Å². The molecule has 0 saturated heterocycles. The Morgan fingerprint density at radius 3 is 2.77 bits per heavy atom. The summed E-state index contributed by atoms with van der Waals surface area (Å²) in [5, 5.41) is 5.07. The van der Waals surface area contributed by atoms with Gasteiger partial charge in [-0.3, -0.25) is 0 Å². The van der Waals surface area contributed by atoms with Crippen molar-refractivity contribution in [2.24, 2.45) is 0 Å². The smallest absolute Gasteiger partial charge is 0.129 e. The van der Waals surface area contributed by atoms with Crippen LogP contribution in [-0.4, -0.2) is 0 Å². The van der Waals surface area contributed by atoms with E-state index in [1.54, 1.807) is 17.8 Å². The molecule has 1 unspecified atom stereocenters. The number of rotatable bonds is 1. The van der Waals surface area contributed by atoms with E-state index in [1.165, 1.54) is 6.07 Å². The molecule has 0 aliphatic carbocycles. The molecule has 0 aromatic heterocycles. The van der Waals surface area contributed by atoms with Gasteiger partial charge in [-0.25, -0.2) is 4.39 Å². The van der Waals surface area contributed by atoms with Gasteiger partial charge in [-0.1, -0.05) is 30.0 Å². The fourth-order valence-electron chi connectivity index (χ4n) is 1.39. The van der Waals surface area contributed by atoms with Crippen LogP contribution in [0, 0.1) is 5.82 Å². The van der Waals surface area contributed by atoms with Gasteiger partial charge in [-0.2, -0.15) is 0 Å². The molecule has 1 heterocycles. The quantitative estimate of drug-likeness (QED) is 0.739. The van der Waals surface area contributed by atoms with Crippen molar-refractivity contribution in [1.82, 2.24) is 5.32 Å². The van der Waals surface area contributed by atoms with E-state index >= 15 is 0 Å². The van der Waals surface area contributed by atoms with E-state index in [-0.39, 0.29) is 10.7 Å². The molecule has 1 N–H and O–H groups in total. The summed E-state index contributed by atoms with van der Waals surface area (Å²) in [7, 11) is 0. The third-order valence-electron chi connectivity index (χ3n) is 2.12. The lowest BCUT2D eigenvalue weighted by molar-refractivity contribution is 0.549. The lowest BCUT2D eigenvalue weighted by Crippen LogP contribution is -2.29. The molecule has 1 atom stereocenters. The predicted molar refractivity (Wildman–Crippen MR) is 53.6 cm³/mol. The van der Waals surface area contributed by atoms with Gasteiger partial charge in [-0.15, -0.1) is 0 Å². The summed E-state index contributed by atoms with van der Waals surface area (Å²) in [4.78, 5) is -0.342. The van der Waals surface area contributed by atoms with Crippen molar-refractivity contribution >= 4 is 11.8 Å². The second-order valence-corrected chi connectivity index (χ2v) is 4.40. The zero-order chi connectivity index (χ0) is 9.31. The zero-order valence-corrected chi connectivity index (χ0v) is 8.07. The number of hydrogen-bond acceptors (Lipinski definition) is 2. The molecular weight excluding hydrogens is 185 g/mol. The average Bonchev–Trinajstić information content (AvgIpc) is 2.54. The maximum Gasteiger partial charge on any atom is 0.129 e. The van der Waals surface area contributed by atoms with E-state index in [2.05, 4.69) is 5.32 Å². The maximum atomic E-state index is 13.4. The monoisotopic (exact) mass is 195 g/mol. The van der Waals surface area contributed by atoms with Crippen molar-refractivity contribution in [3.8, 4) is 0 Å². The van der Waals surface area contributed by atoms with Crippen LogP contribution in [0.25, 0.3) is 0 Å². The number of thioether (sulfide) groups is 1. The summed E-state index contributed by atoms with van der Waals surface area (Å²) in [5.41, 5.74) is 0.699. The Bertz CT molecular complexity index is 341. The molecule has 0 radical (unpaired) electrons. The Morgan fingerprint density at radius 1 is 1.38 bits per heavy atom. The fraction of sp³-hybridized carbons (Fsp3) is 0.200. The van der Waals surface area contributed by atoms with Crippen LogP contribution in [0.15, 0.2) is 35.9 Å². The van der Waals surface area contributed by atoms with Crippen LogP contribution in [0.3, 0.4) is 0 Å². The van der Waals surface area contributed by atoms with Crippen LogP contribution in [0.5, 0.6) is 0 Å². The Labute approximate surface area is 81.0 Å². The Morgan fingerprint density at radius 2 is 2.15 bits per heavy atom. The van der Waals surface area contributed by atoms with E-state index < -0.39 is 0 Å². The fourth-order valence-corrected chi connectivity index (χ4v) is 2.22. The number of hydrogen-bond donors (Lipinski definition) is 1. The Hall–Kier alpha value is -0.960. The van der Waals surface area contributed by atoms with Gasteiger partial charge < -0.3 is 5.32 Å². The largest absolute Gasteiger partial charge is 0.372 e. The minimum Gasteiger partial charge on any atom is -0.372 e. The molecule has 0 saturated carbocycles. The van der Waals surface area contributed by atoms with E-state index in [1.807, 2.05) is 30.7 Å². The third-order valence-corrected chi connectivity index (χ3v) is 3.20. The molecule has 1 aliphatic rings. The standard InChI is InChI=1S/C10H10FNS/c1-10(12-6-7-13-10)8-4-2-3-5-9(8)11/h2-7,12H,1H3. The summed E-state index contributed by atoms with van der Waals surface area (Å²) < 4.78 is 13.4. The summed E-state index contributed by atoms with van der Waals surface area (Å²) in [6.07, 6.45) is 1.84. The first-order valence-corrected chi connectivity index (χ1v) is 4.96. The van der Waals surface area contributed by atoms with Crippen molar-refractivity contribution in [2.75, 3.05) is 0 Å². The lowest BCUT2D eigenvalue weighted by Gasteiger charge is -2.24. The van der Waals surface area contributed by atoms with E-state index in [9.17, 15) is 4.39 Å². The molecule has 0 bridgehead atoms. The maximum absolute atomic E-state index is 13.4. The molecule has 0 fully saturated rings. The van der Waals surface area contributed by atoms with Gasteiger partial charge in [0.15, 0.2) is 0 Å². The van der Waals surface area contributed by atoms with Crippen LogP contribution in [-0.2, 0) is 4.87 Å². The molecule has 0 spiro atoms. The van der Waals surface area contributed by atoms with Crippen molar-refractivity contribution in [3.05, 3.63) is 47.3 Å². The highest BCUT2D eigenvalue weighted by atomic mass is 32.2. The Kier molecular flexibility index (Phi) is 2.04. The number of benzene rings is 1. The normalized spacial score (nSPS) is 26.0. The lowest BCUT2D eigenvalue weighted by atomic mass is 10.1. The van der Waals surface area contributed by atoms with Crippen molar-refractivity contribution < 1.29 is 4.39 Å². The van der Waals surface area contributed by atoms with E-state index in [0.29, 0.717) is 5.56 Å². The van der Waals surface area contributed by atoms with E-state index in [4.69, 9.17) is 0 Å². The first-order chi connectivity index (χ1) is 6.22. The van der Waals surface area contributed by atoms with Gasteiger partial charge in [-0.05, 0) is 18.4 Å². The van der Waals surface area contributed by atoms with Gasteiger partial charge in [0.1, 0.15) is 10.7 Å². The third kappa shape index (κ3) is 1.44. The van der Waals surface area contributed by atoms with Crippen LogP contribution in [0.2, 0.25) is 0 Å². The van der Waals surface area contributed by atoms with Crippen LogP contribution >= 0.6 is 11.8 Å². The molecular formula is C10H10FNS. The SMILES string of the molecule is CC1(c2ccccc2F)NC=CS1. The second kappa shape index (κ2) is 3.07. The van der Waals surface area contributed by atoms with Crippen LogP contribution in [0.4, 0.5) is 4.39 Å². The topological polar surface area (TPSA) is 12.0 Å². The number of halogens is 1. The summed E-state index contributed by atoms with van der Waals surface area (Å²) in [6, 6.07) is 6.85. The molecule has 2 rings (SSSR count). The molecule has 1 aromatic rings. The molecule has 3 heteroatoms. The molecule has 1 nitrogen and oxygen atoms in total. The van der Waals surface area contributed by atoms with Gasteiger partial charge in [0.2, 0.25) is 0 Å². The summed E-state index contributed by atoms with van der Waals surface area (Å²) in [5.74, 6) is -0.159. The summed E-state index contributed by atoms with van der Waals surface area (Å²) >= 11 is 1.58. The minimum absolute atomic E-state index is 0.159. The molecule has 13 heavy (non-hydrogen) atoms. The van der Waals surface area contributed by atoms with Crippen molar-refractivity contribution in [1.29, 1.82) is 0 Å². The highest BCUT2D eigenvalue weighted by Gasteiger charge is 2.30. The molecule has 0 amide bonds. The van der Waals surface area contributed by atoms with Gasteiger partial charge >= 0.3 is 0 Å². The van der Waals surface area contributed by atoms with Crippen LogP contribution in [0.1, 0.15) is 12.5 Å². The minimum atomic E-state index is -0.342. The highest BCUT2D eigenvalue weighted by molar-refractivity contribution is 8.03. The van der Waals surface area contributed by atoms with Crippen LogP contribution < -0.4 is 5.32 Å². The molecule has 1 aliphatic heterocycles. The summed E-state index contributed by atoms with van der Waals surface area (Å²) in [6.45, 7) is 1.97. The van der Waals surface area contributed by atoms with Crippen molar-refractivity contribution in [3.63, 3.8) is 0 Å². The average molecular weight is 195 g/mol.